The van der Waals surface area contributed by atoms with Gasteiger partial charge in [-0.15, -0.1) is 0 Å². The molecule has 1 saturated heterocycles. The fourth-order valence-electron chi connectivity index (χ4n) is 3.21. The van der Waals surface area contributed by atoms with Crippen LogP contribution < -0.4 is 5.32 Å². The molecular formula is C16H27NO5. The maximum Gasteiger partial charge on any atom is 0.329 e. The zero-order valence-corrected chi connectivity index (χ0v) is 13.3. The number of rotatable bonds is 6. The van der Waals surface area contributed by atoms with Gasteiger partial charge in [-0.2, -0.15) is 0 Å². The highest BCUT2D eigenvalue weighted by molar-refractivity contribution is 5.89. The van der Waals surface area contributed by atoms with Crippen LogP contribution in [-0.4, -0.2) is 47.9 Å². The summed E-state index contributed by atoms with van der Waals surface area (Å²) in [5, 5.41) is 12.2. The Balaban J connectivity index is 1.96. The van der Waals surface area contributed by atoms with Crippen LogP contribution in [0.1, 0.15) is 58.3 Å². The van der Waals surface area contributed by atoms with Gasteiger partial charge in [-0.3, -0.25) is 4.79 Å². The van der Waals surface area contributed by atoms with Crippen molar-refractivity contribution in [1.29, 1.82) is 0 Å². The third-order valence-electron chi connectivity index (χ3n) is 4.69. The Labute approximate surface area is 131 Å². The van der Waals surface area contributed by atoms with E-state index in [1.807, 2.05) is 6.92 Å². The van der Waals surface area contributed by atoms with E-state index in [0.29, 0.717) is 32.5 Å². The predicted octanol–water partition coefficient (Wildman–Crippen LogP) is 1.86. The molecule has 126 valence electrons. The molecule has 0 bridgehead atoms. The highest BCUT2D eigenvalue weighted by Gasteiger charge is 2.42. The zero-order chi connectivity index (χ0) is 16.0. The molecule has 0 aromatic heterocycles. The average Bonchev–Trinajstić information content (AvgIpc) is 2.54. The average molecular weight is 313 g/mol. The molecule has 6 heteroatoms. The molecular weight excluding hydrogens is 286 g/mol. The second kappa shape index (κ2) is 7.92. The van der Waals surface area contributed by atoms with Crippen LogP contribution in [0.4, 0.5) is 0 Å². The van der Waals surface area contributed by atoms with Gasteiger partial charge < -0.3 is 19.9 Å². The molecule has 2 fully saturated rings. The van der Waals surface area contributed by atoms with E-state index >= 15 is 0 Å². The Hall–Kier alpha value is -1.14. The summed E-state index contributed by atoms with van der Waals surface area (Å²) < 4.78 is 11.2. The molecule has 0 spiro atoms. The lowest BCUT2D eigenvalue weighted by molar-refractivity contribution is -0.156. The second-order valence-corrected chi connectivity index (χ2v) is 6.28. The summed E-state index contributed by atoms with van der Waals surface area (Å²) in [6.07, 6.45) is 6.19. The highest BCUT2D eigenvalue weighted by atomic mass is 16.5. The number of hydrogen-bond donors (Lipinski definition) is 2. The zero-order valence-electron chi connectivity index (χ0n) is 13.3. The normalized spacial score (nSPS) is 23.7. The molecule has 2 aliphatic rings. The number of carboxylic acid groups (broad SMARTS) is 1. The Morgan fingerprint density at radius 2 is 1.91 bits per heavy atom. The van der Waals surface area contributed by atoms with Gasteiger partial charge in [0, 0.05) is 26.1 Å². The van der Waals surface area contributed by atoms with E-state index in [9.17, 15) is 14.7 Å². The maximum atomic E-state index is 12.5. The van der Waals surface area contributed by atoms with Crippen molar-refractivity contribution in [2.24, 2.45) is 0 Å². The number of aliphatic carboxylic acids is 1. The van der Waals surface area contributed by atoms with Gasteiger partial charge in [0.2, 0.25) is 5.91 Å². The molecule has 22 heavy (non-hydrogen) atoms. The minimum Gasteiger partial charge on any atom is -0.480 e. The minimum atomic E-state index is -1.21. The molecule has 1 amide bonds. The Bertz CT molecular complexity index is 386. The number of carbonyl (C=O) groups excluding carboxylic acids is 1. The van der Waals surface area contributed by atoms with Gasteiger partial charge >= 0.3 is 5.97 Å². The first-order valence-corrected chi connectivity index (χ1v) is 8.36. The molecule has 2 N–H and O–H groups in total. The molecule has 6 nitrogen and oxygen atoms in total. The SMILES string of the molecule is CCC(OC1CCCCC1)C(=O)NC1(C(=O)O)CCOCC1. The summed E-state index contributed by atoms with van der Waals surface area (Å²) in [5.41, 5.74) is -1.21. The fraction of sp³-hybridized carbons (Fsp3) is 0.875. The van der Waals surface area contributed by atoms with Crippen LogP contribution in [0.2, 0.25) is 0 Å². The van der Waals surface area contributed by atoms with Crippen LogP contribution in [0.3, 0.4) is 0 Å². The fourth-order valence-corrected chi connectivity index (χ4v) is 3.21. The molecule has 1 aliphatic carbocycles. The van der Waals surface area contributed by atoms with Gasteiger partial charge in [-0.1, -0.05) is 26.2 Å². The first-order chi connectivity index (χ1) is 10.6. The van der Waals surface area contributed by atoms with Gasteiger partial charge in [0.05, 0.1) is 6.10 Å². The first kappa shape index (κ1) is 17.2. The largest absolute Gasteiger partial charge is 0.480 e. The third-order valence-corrected chi connectivity index (χ3v) is 4.69. The number of hydrogen-bond acceptors (Lipinski definition) is 4. The predicted molar refractivity (Wildman–Crippen MR) is 80.6 cm³/mol. The van der Waals surface area contributed by atoms with E-state index in [0.717, 1.165) is 25.7 Å². The molecule has 1 atom stereocenters. The monoisotopic (exact) mass is 313 g/mol. The Morgan fingerprint density at radius 3 is 2.45 bits per heavy atom. The molecule has 0 radical (unpaired) electrons. The van der Waals surface area contributed by atoms with Gasteiger partial charge in [-0.25, -0.2) is 4.79 Å². The number of ether oxygens (including phenoxy) is 2. The van der Waals surface area contributed by atoms with Crippen molar-refractivity contribution in [3.8, 4) is 0 Å². The van der Waals surface area contributed by atoms with Crippen LogP contribution in [-0.2, 0) is 19.1 Å². The van der Waals surface area contributed by atoms with Crippen LogP contribution in [0.25, 0.3) is 0 Å². The molecule has 1 saturated carbocycles. The van der Waals surface area contributed by atoms with E-state index in [1.165, 1.54) is 6.42 Å². The van der Waals surface area contributed by atoms with Gasteiger partial charge in [-0.05, 0) is 19.3 Å². The van der Waals surface area contributed by atoms with Gasteiger partial charge in [0.1, 0.15) is 11.6 Å². The molecule has 1 aliphatic heterocycles. The van der Waals surface area contributed by atoms with Crippen molar-refractivity contribution in [1.82, 2.24) is 5.32 Å². The minimum absolute atomic E-state index is 0.125. The molecule has 0 aromatic carbocycles. The van der Waals surface area contributed by atoms with Crippen LogP contribution in [0.15, 0.2) is 0 Å². The summed E-state index contributed by atoms with van der Waals surface area (Å²) in [7, 11) is 0. The second-order valence-electron chi connectivity index (χ2n) is 6.28. The molecule has 1 unspecified atom stereocenters. The summed E-state index contributed by atoms with van der Waals surface area (Å²) in [5.74, 6) is -1.30. The highest BCUT2D eigenvalue weighted by Crippen LogP contribution is 2.24. The molecule has 2 rings (SSSR count). The number of carbonyl (C=O) groups is 2. The van der Waals surface area contributed by atoms with Crippen molar-refractivity contribution < 1.29 is 24.2 Å². The summed E-state index contributed by atoms with van der Waals surface area (Å²) in [4.78, 5) is 24.1. The van der Waals surface area contributed by atoms with E-state index in [1.54, 1.807) is 0 Å². The summed E-state index contributed by atoms with van der Waals surface area (Å²) in [6, 6.07) is 0. The lowest BCUT2D eigenvalue weighted by Crippen LogP contribution is -2.59. The van der Waals surface area contributed by atoms with Crippen LogP contribution in [0.5, 0.6) is 0 Å². The number of carboxylic acids is 1. The van der Waals surface area contributed by atoms with E-state index < -0.39 is 17.6 Å². The first-order valence-electron chi connectivity index (χ1n) is 8.36. The Kier molecular flexibility index (Phi) is 6.20. The van der Waals surface area contributed by atoms with Gasteiger partial charge in [0.25, 0.3) is 0 Å². The quantitative estimate of drug-likeness (QED) is 0.782. The van der Waals surface area contributed by atoms with Gasteiger partial charge in [0.15, 0.2) is 0 Å². The van der Waals surface area contributed by atoms with Crippen molar-refractivity contribution in [2.45, 2.75) is 76.0 Å². The third kappa shape index (κ3) is 4.20. The molecule has 0 aromatic rings. The smallest absolute Gasteiger partial charge is 0.329 e. The lowest BCUT2D eigenvalue weighted by Gasteiger charge is -2.35. The summed E-state index contributed by atoms with van der Waals surface area (Å²) in [6.45, 7) is 2.60. The number of nitrogens with one attached hydrogen (secondary N) is 1. The topological polar surface area (TPSA) is 84.9 Å². The van der Waals surface area contributed by atoms with Crippen LogP contribution in [0, 0.1) is 0 Å². The van der Waals surface area contributed by atoms with Crippen molar-refractivity contribution in [2.75, 3.05) is 13.2 Å². The van der Waals surface area contributed by atoms with E-state index in [2.05, 4.69) is 5.32 Å². The van der Waals surface area contributed by atoms with Crippen molar-refractivity contribution in [3.63, 3.8) is 0 Å². The van der Waals surface area contributed by atoms with E-state index in [-0.39, 0.29) is 12.0 Å². The lowest BCUT2D eigenvalue weighted by atomic mass is 9.89. The number of amides is 1. The summed E-state index contributed by atoms with van der Waals surface area (Å²) >= 11 is 0. The van der Waals surface area contributed by atoms with Crippen molar-refractivity contribution >= 4 is 11.9 Å². The standard InChI is InChI=1S/C16H27NO5/c1-2-13(22-12-6-4-3-5-7-12)14(18)17-16(15(19)20)8-10-21-11-9-16/h12-13H,2-11H2,1H3,(H,17,18)(H,19,20). The van der Waals surface area contributed by atoms with E-state index in [4.69, 9.17) is 9.47 Å². The van der Waals surface area contributed by atoms with Crippen LogP contribution >= 0.6 is 0 Å². The maximum absolute atomic E-state index is 12.5. The molecule has 1 heterocycles. The Morgan fingerprint density at radius 1 is 1.27 bits per heavy atom. The van der Waals surface area contributed by atoms with Crippen molar-refractivity contribution in [3.05, 3.63) is 0 Å².